The number of aryl methyl sites for hydroxylation is 1. The van der Waals surface area contributed by atoms with Crippen LogP contribution in [0.2, 0.25) is 0 Å². The van der Waals surface area contributed by atoms with Gasteiger partial charge in [0.1, 0.15) is 5.41 Å². The maximum Gasteiger partial charge on any atom is 0.335 e. The summed E-state index contributed by atoms with van der Waals surface area (Å²) in [4.78, 5) is 37.9. The predicted molar refractivity (Wildman–Crippen MR) is 73.1 cm³/mol. The van der Waals surface area contributed by atoms with Crippen molar-refractivity contribution in [2.45, 2.75) is 32.6 Å². The minimum Gasteiger partial charge on any atom is -0.276 e. The monoisotopic (exact) mass is 272 g/mol. The van der Waals surface area contributed by atoms with Gasteiger partial charge in [-0.05, 0) is 31.9 Å². The van der Waals surface area contributed by atoms with E-state index in [1.807, 2.05) is 19.1 Å². The number of hydrogen-bond acceptors (Lipinski definition) is 3. The summed E-state index contributed by atoms with van der Waals surface area (Å²) in [5.41, 5.74) is 0.515. The molecule has 1 N–H and O–H groups in total. The van der Waals surface area contributed by atoms with Crippen LogP contribution in [0, 0.1) is 12.3 Å². The van der Waals surface area contributed by atoms with Crippen molar-refractivity contribution in [2.75, 3.05) is 4.90 Å². The van der Waals surface area contributed by atoms with E-state index in [1.54, 1.807) is 12.1 Å². The second-order valence-corrected chi connectivity index (χ2v) is 5.52. The number of barbiturate groups is 1. The Kier molecular flexibility index (Phi) is 2.85. The molecule has 1 aliphatic carbocycles. The van der Waals surface area contributed by atoms with E-state index in [9.17, 15) is 14.4 Å². The Balaban J connectivity index is 2.02. The molecule has 0 atom stereocenters. The summed E-state index contributed by atoms with van der Waals surface area (Å²) >= 11 is 0. The molecule has 1 aliphatic heterocycles. The molecule has 1 heterocycles. The second kappa shape index (κ2) is 4.44. The fourth-order valence-corrected chi connectivity index (χ4v) is 3.02. The molecule has 2 fully saturated rings. The SMILES string of the molecule is Cc1ccc(N2C(=O)NC(=O)C3(CCCC3)C2=O)cc1. The van der Waals surface area contributed by atoms with E-state index < -0.39 is 17.4 Å². The first-order valence-corrected chi connectivity index (χ1v) is 6.81. The van der Waals surface area contributed by atoms with Gasteiger partial charge in [-0.25, -0.2) is 9.69 Å². The Bertz CT molecular complexity index is 586. The summed E-state index contributed by atoms with van der Waals surface area (Å²) in [6.07, 6.45) is 2.73. The molecule has 1 aromatic rings. The summed E-state index contributed by atoms with van der Waals surface area (Å²) in [5.74, 6) is -0.819. The first-order chi connectivity index (χ1) is 9.54. The lowest BCUT2D eigenvalue weighted by Gasteiger charge is -2.36. The molecule has 5 nitrogen and oxygen atoms in total. The number of imide groups is 2. The summed E-state index contributed by atoms with van der Waals surface area (Å²) < 4.78 is 0. The van der Waals surface area contributed by atoms with E-state index in [2.05, 4.69) is 5.32 Å². The molecule has 1 saturated heterocycles. The van der Waals surface area contributed by atoms with Gasteiger partial charge in [0.05, 0.1) is 5.69 Å². The van der Waals surface area contributed by atoms with Crippen LogP contribution in [-0.4, -0.2) is 17.8 Å². The van der Waals surface area contributed by atoms with Crippen molar-refractivity contribution in [1.29, 1.82) is 0 Å². The number of urea groups is 1. The molecule has 1 spiro atoms. The predicted octanol–water partition coefficient (Wildman–Crippen LogP) is 2.14. The van der Waals surface area contributed by atoms with Crippen molar-refractivity contribution in [3.63, 3.8) is 0 Å². The molecule has 0 bridgehead atoms. The van der Waals surface area contributed by atoms with Crippen LogP contribution in [0.15, 0.2) is 24.3 Å². The topological polar surface area (TPSA) is 66.5 Å². The minimum absolute atomic E-state index is 0.382. The lowest BCUT2D eigenvalue weighted by Crippen LogP contribution is -2.63. The van der Waals surface area contributed by atoms with Crippen molar-refractivity contribution in [1.82, 2.24) is 5.32 Å². The van der Waals surface area contributed by atoms with Gasteiger partial charge in [-0.3, -0.25) is 14.9 Å². The lowest BCUT2D eigenvalue weighted by atomic mass is 9.82. The first-order valence-electron chi connectivity index (χ1n) is 6.81. The second-order valence-electron chi connectivity index (χ2n) is 5.52. The Morgan fingerprint density at radius 1 is 1.05 bits per heavy atom. The third kappa shape index (κ3) is 1.73. The van der Waals surface area contributed by atoms with Gasteiger partial charge < -0.3 is 0 Å². The van der Waals surface area contributed by atoms with E-state index in [4.69, 9.17) is 0 Å². The highest BCUT2D eigenvalue weighted by atomic mass is 16.2. The van der Waals surface area contributed by atoms with Crippen molar-refractivity contribution in [3.05, 3.63) is 29.8 Å². The zero-order valence-corrected chi connectivity index (χ0v) is 11.3. The molecular formula is C15H16N2O3. The number of rotatable bonds is 1. The quantitative estimate of drug-likeness (QED) is 0.796. The number of carbonyl (C=O) groups is 3. The zero-order valence-electron chi connectivity index (χ0n) is 11.3. The Labute approximate surface area is 116 Å². The Hall–Kier alpha value is -2.17. The standard InChI is InChI=1S/C15H16N2O3/c1-10-4-6-11(7-5-10)17-13(19)15(8-2-3-9-15)12(18)16-14(17)20/h4-7H,2-3,8-9H2,1H3,(H,16,18,20). The van der Waals surface area contributed by atoms with Gasteiger partial charge in [-0.2, -0.15) is 0 Å². The van der Waals surface area contributed by atoms with E-state index in [-0.39, 0.29) is 5.91 Å². The van der Waals surface area contributed by atoms with Gasteiger partial charge in [-0.15, -0.1) is 0 Å². The largest absolute Gasteiger partial charge is 0.335 e. The number of carbonyl (C=O) groups excluding carboxylic acids is 3. The molecule has 3 rings (SSSR count). The van der Waals surface area contributed by atoms with Crippen molar-refractivity contribution >= 4 is 23.5 Å². The average molecular weight is 272 g/mol. The van der Waals surface area contributed by atoms with Crippen LogP contribution in [-0.2, 0) is 9.59 Å². The summed E-state index contributed by atoms with van der Waals surface area (Å²) in [6.45, 7) is 1.93. The summed E-state index contributed by atoms with van der Waals surface area (Å²) in [7, 11) is 0. The normalized spacial score (nSPS) is 21.4. The van der Waals surface area contributed by atoms with E-state index in [1.165, 1.54) is 0 Å². The minimum atomic E-state index is -1.04. The van der Waals surface area contributed by atoms with Crippen LogP contribution >= 0.6 is 0 Å². The third-order valence-electron chi connectivity index (χ3n) is 4.22. The number of anilines is 1. The third-order valence-corrected chi connectivity index (χ3v) is 4.22. The van der Waals surface area contributed by atoms with Gasteiger partial charge in [-0.1, -0.05) is 30.5 Å². The number of nitrogens with zero attached hydrogens (tertiary/aromatic N) is 1. The highest BCUT2D eigenvalue weighted by Gasteiger charge is 2.55. The van der Waals surface area contributed by atoms with E-state index >= 15 is 0 Å². The number of amides is 4. The van der Waals surface area contributed by atoms with Crippen LogP contribution in [0.4, 0.5) is 10.5 Å². The maximum absolute atomic E-state index is 12.7. The molecule has 104 valence electrons. The molecule has 0 aromatic heterocycles. The number of hydrogen-bond donors (Lipinski definition) is 1. The highest BCUT2D eigenvalue weighted by molar-refractivity contribution is 6.30. The zero-order chi connectivity index (χ0) is 14.3. The van der Waals surface area contributed by atoms with Gasteiger partial charge in [0, 0.05) is 0 Å². The van der Waals surface area contributed by atoms with Crippen LogP contribution in [0.3, 0.4) is 0 Å². The van der Waals surface area contributed by atoms with Crippen LogP contribution in [0.5, 0.6) is 0 Å². The molecule has 1 saturated carbocycles. The molecule has 4 amide bonds. The molecule has 2 aliphatic rings. The molecule has 20 heavy (non-hydrogen) atoms. The van der Waals surface area contributed by atoms with Crippen molar-refractivity contribution in [3.8, 4) is 0 Å². The number of nitrogens with one attached hydrogen (secondary N) is 1. The van der Waals surface area contributed by atoms with Gasteiger partial charge in [0.2, 0.25) is 5.91 Å². The molecule has 5 heteroatoms. The summed E-state index contributed by atoms with van der Waals surface area (Å²) in [5, 5.41) is 2.33. The van der Waals surface area contributed by atoms with Crippen molar-refractivity contribution in [2.24, 2.45) is 5.41 Å². The van der Waals surface area contributed by atoms with Gasteiger partial charge >= 0.3 is 6.03 Å². The van der Waals surface area contributed by atoms with Gasteiger partial charge in [0.15, 0.2) is 0 Å². The highest BCUT2D eigenvalue weighted by Crippen LogP contribution is 2.42. The maximum atomic E-state index is 12.7. The molecular weight excluding hydrogens is 256 g/mol. The molecule has 0 radical (unpaired) electrons. The fraction of sp³-hybridized carbons (Fsp3) is 0.400. The van der Waals surface area contributed by atoms with Crippen LogP contribution < -0.4 is 10.2 Å². The molecule has 1 aromatic carbocycles. The van der Waals surface area contributed by atoms with E-state index in [0.29, 0.717) is 18.5 Å². The van der Waals surface area contributed by atoms with Crippen LogP contribution in [0.25, 0.3) is 0 Å². The lowest BCUT2D eigenvalue weighted by molar-refractivity contribution is -0.142. The average Bonchev–Trinajstić information content (AvgIpc) is 2.90. The van der Waals surface area contributed by atoms with Crippen LogP contribution in [0.1, 0.15) is 31.2 Å². The smallest absolute Gasteiger partial charge is 0.276 e. The number of benzene rings is 1. The van der Waals surface area contributed by atoms with Crippen molar-refractivity contribution < 1.29 is 14.4 Å². The van der Waals surface area contributed by atoms with E-state index in [0.717, 1.165) is 23.3 Å². The Morgan fingerprint density at radius 2 is 1.65 bits per heavy atom. The molecule has 0 unspecified atom stereocenters. The summed E-state index contributed by atoms with van der Waals surface area (Å²) in [6, 6.07) is 6.49. The van der Waals surface area contributed by atoms with Gasteiger partial charge in [0.25, 0.3) is 5.91 Å². The Morgan fingerprint density at radius 3 is 2.25 bits per heavy atom. The first kappa shape index (κ1) is 12.8. The fourth-order valence-electron chi connectivity index (χ4n) is 3.02.